The summed E-state index contributed by atoms with van der Waals surface area (Å²) in [7, 11) is 0. The topological polar surface area (TPSA) is 101 Å². The average molecular weight is 639 g/mol. The van der Waals surface area contributed by atoms with E-state index in [2.05, 4.69) is 22.4 Å². The third kappa shape index (κ3) is 6.68. The molecule has 1 N–H and O–H groups in total. The van der Waals surface area contributed by atoms with Crippen molar-refractivity contribution in [2.24, 2.45) is 0 Å². The predicted octanol–water partition coefficient (Wildman–Crippen LogP) is 5.75. The van der Waals surface area contributed by atoms with Gasteiger partial charge < -0.3 is 15.4 Å². The van der Waals surface area contributed by atoms with Gasteiger partial charge in [-0.15, -0.1) is 42.4 Å². The summed E-state index contributed by atoms with van der Waals surface area (Å²) in [5.41, 5.74) is 5.85. The second-order valence-electron chi connectivity index (χ2n) is 7.69. The minimum Gasteiger partial charge on any atom is -0.650 e. The molecule has 7 heteroatoms. The van der Waals surface area contributed by atoms with Crippen LogP contribution >= 0.6 is 0 Å². The van der Waals surface area contributed by atoms with Gasteiger partial charge in [-0.1, -0.05) is 55.3 Å². The molecule has 6 nitrogen and oxygen atoms in total. The van der Waals surface area contributed by atoms with E-state index in [9.17, 15) is 4.79 Å². The maximum Gasteiger partial charge on any atom is 0.285 e. The van der Waals surface area contributed by atoms with Gasteiger partial charge in [0.1, 0.15) is 0 Å². The van der Waals surface area contributed by atoms with Crippen LogP contribution in [0.25, 0.3) is 39.1 Å². The van der Waals surface area contributed by atoms with Gasteiger partial charge in [0.25, 0.3) is 5.97 Å². The molecule has 5 rings (SSSR count). The second-order valence-corrected chi connectivity index (χ2v) is 7.69. The molecule has 1 aliphatic heterocycles. The van der Waals surface area contributed by atoms with Crippen molar-refractivity contribution in [3.63, 3.8) is 0 Å². The van der Waals surface area contributed by atoms with E-state index < -0.39 is 12.0 Å². The van der Waals surface area contributed by atoms with E-state index in [1.54, 1.807) is 18.3 Å². The maximum atomic E-state index is 10.1. The smallest absolute Gasteiger partial charge is 0.285 e. The Kier molecular flexibility index (Phi) is 9.39. The Bertz CT molecular complexity index is 1280. The van der Waals surface area contributed by atoms with Crippen LogP contribution in [-0.4, -0.2) is 33.6 Å². The molecule has 0 amide bonds. The van der Waals surface area contributed by atoms with Crippen molar-refractivity contribution in [1.82, 2.24) is 9.97 Å². The normalized spacial score (nSPS) is 14.1. The molecule has 1 aliphatic rings. The van der Waals surface area contributed by atoms with Crippen LogP contribution in [0, 0.1) is 17.4 Å². The van der Waals surface area contributed by atoms with Crippen molar-refractivity contribution >= 4 is 5.97 Å². The number of hydrogen-bond donors (Lipinski definition) is 1. The molecule has 0 bridgehead atoms. The van der Waals surface area contributed by atoms with Gasteiger partial charge in [-0.3, -0.25) is 9.78 Å². The molecule has 4 aromatic rings. The standard InChI is InChI=1S/C23H14N3.C5H8NO2.Ir/c24-15-17-11-13-18(14-12-17)21-16-25-22(19-7-3-1-4-8-19)23(26-21)20-9-5-2-6-10-20;7-5(8)4-2-1-3-6-4;/h1-7,9-14,16H;4H,1-3H2,(H,7,8);/q2*-1;. The summed E-state index contributed by atoms with van der Waals surface area (Å²) in [6.45, 7) is 0.733. The van der Waals surface area contributed by atoms with Crippen molar-refractivity contribution in [1.29, 1.82) is 5.26 Å². The van der Waals surface area contributed by atoms with E-state index >= 15 is 0 Å². The van der Waals surface area contributed by atoms with Crippen molar-refractivity contribution < 1.29 is 30.0 Å². The zero-order chi connectivity index (χ0) is 23.8. The van der Waals surface area contributed by atoms with Crippen LogP contribution in [-0.2, 0) is 24.9 Å². The largest absolute Gasteiger partial charge is 0.650 e. The number of hydrogen-bond acceptors (Lipinski definition) is 4. The summed E-state index contributed by atoms with van der Waals surface area (Å²) >= 11 is 0. The van der Waals surface area contributed by atoms with Crippen LogP contribution in [0.5, 0.6) is 0 Å². The molecule has 0 saturated carbocycles. The number of benzene rings is 3. The van der Waals surface area contributed by atoms with E-state index in [-0.39, 0.29) is 20.1 Å². The fourth-order valence-corrected chi connectivity index (χ4v) is 3.60. The Labute approximate surface area is 218 Å². The maximum absolute atomic E-state index is 10.1. The van der Waals surface area contributed by atoms with Gasteiger partial charge in [0.05, 0.1) is 23.0 Å². The van der Waals surface area contributed by atoms with Gasteiger partial charge in [-0.25, -0.2) is 0 Å². The molecule has 3 aromatic carbocycles. The monoisotopic (exact) mass is 639 g/mol. The first-order valence-electron chi connectivity index (χ1n) is 10.9. The minimum absolute atomic E-state index is 0. The molecular weight excluding hydrogens is 617 g/mol. The zero-order valence-electron chi connectivity index (χ0n) is 18.8. The fourth-order valence-electron chi connectivity index (χ4n) is 3.60. The van der Waals surface area contributed by atoms with Crippen LogP contribution < -0.4 is 0 Å². The van der Waals surface area contributed by atoms with Crippen molar-refractivity contribution in [2.75, 3.05) is 6.54 Å². The molecule has 1 aromatic heterocycles. The summed E-state index contributed by atoms with van der Waals surface area (Å²) in [4.78, 5) is 19.7. The summed E-state index contributed by atoms with van der Waals surface area (Å²) < 4.78 is 0. The molecule has 1 unspecified atom stereocenters. The van der Waals surface area contributed by atoms with E-state index in [4.69, 9.17) is 15.4 Å². The number of aromatic nitrogens is 2. The van der Waals surface area contributed by atoms with E-state index in [0.29, 0.717) is 5.56 Å². The Morgan fingerprint density at radius 2 is 1.74 bits per heavy atom. The Hall–Kier alpha value is -3.69. The number of nitrogens with zero attached hydrogens (tertiary/aromatic N) is 4. The third-order valence-corrected chi connectivity index (χ3v) is 5.36. The van der Waals surface area contributed by atoms with Gasteiger partial charge in [-0.05, 0) is 23.7 Å². The van der Waals surface area contributed by atoms with Crippen LogP contribution in [0.2, 0.25) is 0 Å². The van der Waals surface area contributed by atoms with Gasteiger partial charge in [0.15, 0.2) is 0 Å². The number of aliphatic carboxylic acids is 1. The fraction of sp³-hybridized carbons (Fsp3) is 0.143. The summed E-state index contributed by atoms with van der Waals surface area (Å²) in [5, 5.41) is 21.1. The molecule has 1 radical (unpaired) electrons. The Morgan fingerprint density at radius 3 is 2.31 bits per heavy atom. The van der Waals surface area contributed by atoms with E-state index in [1.165, 1.54) is 0 Å². The molecule has 2 heterocycles. The first-order valence-corrected chi connectivity index (χ1v) is 10.9. The van der Waals surface area contributed by atoms with Gasteiger partial charge in [0, 0.05) is 37.6 Å². The Morgan fingerprint density at radius 1 is 1.00 bits per heavy atom. The van der Waals surface area contributed by atoms with Gasteiger partial charge in [-0.2, -0.15) is 5.26 Å². The third-order valence-electron chi connectivity index (χ3n) is 5.36. The quantitative estimate of drug-likeness (QED) is 0.287. The van der Waals surface area contributed by atoms with Gasteiger partial charge in [0.2, 0.25) is 0 Å². The number of carboxylic acids is 1. The molecule has 177 valence electrons. The second kappa shape index (κ2) is 12.7. The molecule has 0 spiro atoms. The molecule has 1 saturated heterocycles. The summed E-state index contributed by atoms with van der Waals surface area (Å²) in [6.07, 6.45) is 3.44. The SMILES string of the molecule is N#Cc1ccc(-c2cnc(-c3[c-]cccc3)c(-c3ccccc3)n2)cc1.O=C(O)C1CCC[N-]1.[Ir]. The van der Waals surface area contributed by atoms with Crippen LogP contribution in [0.1, 0.15) is 18.4 Å². The first-order chi connectivity index (χ1) is 16.7. The zero-order valence-corrected chi connectivity index (χ0v) is 21.2. The molecular formula is C28H22IrN4O2-2. The first kappa shape index (κ1) is 25.9. The van der Waals surface area contributed by atoms with E-state index in [0.717, 1.165) is 53.2 Å². The number of rotatable bonds is 4. The average Bonchev–Trinajstić information content (AvgIpc) is 3.46. The number of nitriles is 1. The van der Waals surface area contributed by atoms with Crippen LogP contribution in [0.4, 0.5) is 0 Å². The van der Waals surface area contributed by atoms with Crippen LogP contribution in [0.3, 0.4) is 0 Å². The van der Waals surface area contributed by atoms with Crippen molar-refractivity contribution in [3.05, 3.63) is 102 Å². The molecule has 35 heavy (non-hydrogen) atoms. The Balaban J connectivity index is 0.000000325. The number of carbonyl (C=O) groups is 1. The minimum atomic E-state index is -0.775. The van der Waals surface area contributed by atoms with E-state index in [1.807, 2.05) is 66.7 Å². The van der Waals surface area contributed by atoms with Crippen LogP contribution in [0.15, 0.2) is 85.1 Å². The molecule has 0 aliphatic carbocycles. The molecule has 1 fully saturated rings. The summed E-state index contributed by atoms with van der Waals surface area (Å²) in [5.74, 6) is -0.775. The van der Waals surface area contributed by atoms with Gasteiger partial charge >= 0.3 is 0 Å². The van der Waals surface area contributed by atoms with Crippen molar-refractivity contribution in [3.8, 4) is 39.8 Å². The van der Waals surface area contributed by atoms with Crippen molar-refractivity contribution in [2.45, 2.75) is 18.9 Å². The predicted molar refractivity (Wildman–Crippen MR) is 131 cm³/mol. The molecule has 1 atom stereocenters. The summed E-state index contributed by atoms with van der Waals surface area (Å²) in [6, 6.07) is 30.1. The number of carboxylic acid groups (broad SMARTS) is 1.